The van der Waals surface area contributed by atoms with Crippen LogP contribution in [0.1, 0.15) is 42.2 Å². The Labute approximate surface area is 152 Å². The maximum Gasteiger partial charge on any atom is 0.252 e. The fourth-order valence-electron chi connectivity index (χ4n) is 2.48. The van der Waals surface area contributed by atoms with Crippen molar-refractivity contribution in [2.75, 3.05) is 13.7 Å². The molecule has 0 radical (unpaired) electrons. The molecule has 0 spiro atoms. The van der Waals surface area contributed by atoms with Crippen LogP contribution < -0.4 is 15.4 Å². The zero-order valence-corrected chi connectivity index (χ0v) is 15.6. The van der Waals surface area contributed by atoms with Crippen LogP contribution in [-0.4, -0.2) is 25.5 Å². The molecule has 0 bridgehead atoms. The molecule has 0 unspecified atom stereocenters. The SMILES string of the molecule is COc1ccc([C@H](NC(=O)CCNC(=O)c2ccsc2)C(C)C)cc1. The zero-order valence-electron chi connectivity index (χ0n) is 14.7. The molecule has 5 nitrogen and oxygen atoms in total. The van der Waals surface area contributed by atoms with Gasteiger partial charge in [0.2, 0.25) is 5.91 Å². The van der Waals surface area contributed by atoms with Crippen molar-refractivity contribution in [2.45, 2.75) is 26.3 Å². The lowest BCUT2D eigenvalue weighted by molar-refractivity contribution is -0.122. The molecule has 0 aliphatic heterocycles. The number of benzene rings is 1. The first-order valence-electron chi connectivity index (χ1n) is 8.25. The van der Waals surface area contributed by atoms with Gasteiger partial charge >= 0.3 is 0 Å². The van der Waals surface area contributed by atoms with Gasteiger partial charge in [-0.25, -0.2) is 0 Å². The van der Waals surface area contributed by atoms with E-state index in [0.29, 0.717) is 12.1 Å². The van der Waals surface area contributed by atoms with Gasteiger partial charge in [0, 0.05) is 23.9 Å². The van der Waals surface area contributed by atoms with Crippen LogP contribution in [0.15, 0.2) is 41.1 Å². The molecule has 1 atom stereocenters. The van der Waals surface area contributed by atoms with E-state index < -0.39 is 0 Å². The molecule has 2 rings (SSSR count). The molecule has 6 heteroatoms. The quantitative estimate of drug-likeness (QED) is 0.758. The Morgan fingerprint density at radius 2 is 1.88 bits per heavy atom. The number of carbonyl (C=O) groups excluding carboxylic acids is 2. The Hall–Kier alpha value is -2.34. The van der Waals surface area contributed by atoms with E-state index in [9.17, 15) is 9.59 Å². The third-order valence-electron chi connectivity index (χ3n) is 3.88. The summed E-state index contributed by atoms with van der Waals surface area (Å²) in [4.78, 5) is 24.1. The Bertz CT molecular complexity index is 681. The molecular formula is C19H24N2O3S. The zero-order chi connectivity index (χ0) is 18.2. The van der Waals surface area contributed by atoms with Gasteiger partial charge in [-0.2, -0.15) is 11.3 Å². The molecule has 2 aromatic rings. The average Bonchev–Trinajstić information content (AvgIpc) is 3.14. The van der Waals surface area contributed by atoms with Gasteiger partial charge in [-0.05, 0) is 35.1 Å². The highest BCUT2D eigenvalue weighted by Gasteiger charge is 2.18. The molecular weight excluding hydrogens is 336 g/mol. The van der Waals surface area contributed by atoms with Gasteiger partial charge in [-0.3, -0.25) is 9.59 Å². The molecule has 0 aliphatic carbocycles. The van der Waals surface area contributed by atoms with E-state index in [1.165, 1.54) is 11.3 Å². The van der Waals surface area contributed by atoms with Gasteiger partial charge in [0.25, 0.3) is 5.91 Å². The third kappa shape index (κ3) is 5.60. The van der Waals surface area contributed by atoms with E-state index in [4.69, 9.17) is 4.74 Å². The van der Waals surface area contributed by atoms with Crippen LogP contribution in [0.25, 0.3) is 0 Å². The van der Waals surface area contributed by atoms with Crippen LogP contribution in [0.4, 0.5) is 0 Å². The number of rotatable bonds is 8. The average molecular weight is 360 g/mol. The fraction of sp³-hybridized carbons (Fsp3) is 0.368. The van der Waals surface area contributed by atoms with Crippen LogP contribution in [0.3, 0.4) is 0 Å². The number of amides is 2. The van der Waals surface area contributed by atoms with Crippen LogP contribution in [0.5, 0.6) is 5.75 Å². The van der Waals surface area contributed by atoms with Crippen molar-refractivity contribution in [1.29, 1.82) is 0 Å². The first-order valence-corrected chi connectivity index (χ1v) is 9.19. The largest absolute Gasteiger partial charge is 0.497 e. The second-order valence-corrected chi connectivity index (χ2v) is 6.86. The van der Waals surface area contributed by atoms with Crippen LogP contribution >= 0.6 is 11.3 Å². The van der Waals surface area contributed by atoms with Gasteiger partial charge in [0.05, 0.1) is 13.2 Å². The molecule has 2 N–H and O–H groups in total. The summed E-state index contributed by atoms with van der Waals surface area (Å²) in [7, 11) is 1.63. The predicted molar refractivity (Wildman–Crippen MR) is 100.0 cm³/mol. The van der Waals surface area contributed by atoms with Crippen LogP contribution in [0, 0.1) is 5.92 Å². The van der Waals surface area contributed by atoms with Crippen molar-refractivity contribution in [3.8, 4) is 5.75 Å². The highest BCUT2D eigenvalue weighted by atomic mass is 32.1. The molecule has 134 valence electrons. The second kappa shape index (κ2) is 9.22. The maximum atomic E-state index is 12.2. The smallest absolute Gasteiger partial charge is 0.252 e. The number of hydrogen-bond acceptors (Lipinski definition) is 4. The highest BCUT2D eigenvalue weighted by Crippen LogP contribution is 2.23. The monoisotopic (exact) mass is 360 g/mol. The summed E-state index contributed by atoms with van der Waals surface area (Å²) < 4.78 is 5.17. The van der Waals surface area contributed by atoms with Crippen molar-refractivity contribution in [1.82, 2.24) is 10.6 Å². The molecule has 25 heavy (non-hydrogen) atoms. The lowest BCUT2D eigenvalue weighted by Gasteiger charge is -2.23. The van der Waals surface area contributed by atoms with Gasteiger partial charge in [-0.15, -0.1) is 0 Å². The summed E-state index contributed by atoms with van der Waals surface area (Å²) >= 11 is 1.47. The van der Waals surface area contributed by atoms with Crippen molar-refractivity contribution in [3.05, 3.63) is 52.2 Å². The summed E-state index contributed by atoms with van der Waals surface area (Å²) in [5.41, 5.74) is 1.66. The summed E-state index contributed by atoms with van der Waals surface area (Å²) in [6.07, 6.45) is 0.245. The van der Waals surface area contributed by atoms with E-state index in [0.717, 1.165) is 11.3 Å². The molecule has 1 aromatic carbocycles. The van der Waals surface area contributed by atoms with E-state index in [2.05, 4.69) is 24.5 Å². The summed E-state index contributed by atoms with van der Waals surface area (Å²) in [5, 5.41) is 9.45. The first-order chi connectivity index (χ1) is 12.0. The van der Waals surface area contributed by atoms with E-state index in [1.807, 2.05) is 29.6 Å². The standard InChI is InChI=1S/C19H24N2O3S/c1-13(2)18(14-4-6-16(24-3)7-5-14)21-17(22)8-10-20-19(23)15-9-11-25-12-15/h4-7,9,11-13,18H,8,10H2,1-3H3,(H,20,23)(H,21,22)/t18-/m1/s1. The molecule has 0 saturated heterocycles. The van der Waals surface area contributed by atoms with E-state index in [1.54, 1.807) is 18.6 Å². The normalized spacial score (nSPS) is 11.8. The summed E-state index contributed by atoms with van der Waals surface area (Å²) in [6.45, 7) is 4.44. The number of hydrogen-bond donors (Lipinski definition) is 2. The van der Waals surface area contributed by atoms with E-state index in [-0.39, 0.29) is 30.2 Å². The highest BCUT2D eigenvalue weighted by molar-refractivity contribution is 7.08. The van der Waals surface area contributed by atoms with Gasteiger partial charge in [0.1, 0.15) is 5.75 Å². The lowest BCUT2D eigenvalue weighted by Crippen LogP contribution is -2.34. The number of nitrogens with one attached hydrogen (secondary N) is 2. The van der Waals surface area contributed by atoms with Crippen molar-refractivity contribution < 1.29 is 14.3 Å². The minimum Gasteiger partial charge on any atom is -0.497 e. The lowest BCUT2D eigenvalue weighted by atomic mass is 9.96. The minimum atomic E-state index is -0.149. The molecule has 0 fully saturated rings. The number of thiophene rings is 1. The number of ether oxygens (including phenoxy) is 1. The second-order valence-electron chi connectivity index (χ2n) is 6.08. The Morgan fingerprint density at radius 3 is 2.44 bits per heavy atom. The maximum absolute atomic E-state index is 12.2. The van der Waals surface area contributed by atoms with Gasteiger partial charge in [0.15, 0.2) is 0 Å². The molecule has 2 amide bonds. The number of carbonyl (C=O) groups is 2. The van der Waals surface area contributed by atoms with Gasteiger partial charge < -0.3 is 15.4 Å². The summed E-state index contributed by atoms with van der Waals surface area (Å²) in [6, 6.07) is 9.38. The van der Waals surface area contributed by atoms with Crippen molar-refractivity contribution in [2.24, 2.45) is 5.92 Å². The molecule has 1 heterocycles. The third-order valence-corrected chi connectivity index (χ3v) is 4.56. The predicted octanol–water partition coefficient (Wildman–Crippen LogP) is 3.39. The Balaban J connectivity index is 1.86. The summed E-state index contributed by atoms with van der Waals surface area (Å²) in [5.74, 6) is 0.802. The van der Waals surface area contributed by atoms with Crippen molar-refractivity contribution in [3.63, 3.8) is 0 Å². The van der Waals surface area contributed by atoms with Gasteiger partial charge in [-0.1, -0.05) is 26.0 Å². The first kappa shape index (κ1) is 19.0. The van der Waals surface area contributed by atoms with Crippen LogP contribution in [-0.2, 0) is 4.79 Å². The Kier molecular flexibility index (Phi) is 7.01. The number of methoxy groups -OCH3 is 1. The van der Waals surface area contributed by atoms with Crippen LogP contribution in [0.2, 0.25) is 0 Å². The topological polar surface area (TPSA) is 67.4 Å². The van der Waals surface area contributed by atoms with Crippen molar-refractivity contribution >= 4 is 23.2 Å². The fourth-order valence-corrected chi connectivity index (χ4v) is 3.11. The molecule has 0 saturated carbocycles. The molecule has 0 aliphatic rings. The molecule has 1 aromatic heterocycles. The minimum absolute atomic E-state index is 0.0778. The Morgan fingerprint density at radius 1 is 1.16 bits per heavy atom. The van der Waals surface area contributed by atoms with E-state index >= 15 is 0 Å².